The summed E-state index contributed by atoms with van der Waals surface area (Å²) in [5.41, 5.74) is 8.71. The highest BCUT2D eigenvalue weighted by atomic mass is 19.1. The maximum absolute atomic E-state index is 13.7. The van der Waals surface area contributed by atoms with Crippen molar-refractivity contribution in [1.29, 1.82) is 0 Å². The minimum Gasteiger partial charge on any atom is -0.370 e. The second-order valence-corrected chi connectivity index (χ2v) is 5.59. The molecule has 19 heavy (non-hydrogen) atoms. The van der Waals surface area contributed by atoms with E-state index in [2.05, 4.69) is 16.8 Å². The number of hydrogen-bond acceptors (Lipinski definition) is 3. The van der Waals surface area contributed by atoms with E-state index in [1.807, 2.05) is 19.9 Å². The summed E-state index contributed by atoms with van der Waals surface area (Å²) >= 11 is 0. The van der Waals surface area contributed by atoms with Crippen LogP contribution in [0.5, 0.6) is 0 Å². The lowest BCUT2D eigenvalue weighted by atomic mass is 10.0. The van der Waals surface area contributed by atoms with Crippen LogP contribution < -0.4 is 10.6 Å². The summed E-state index contributed by atoms with van der Waals surface area (Å²) in [6.45, 7) is 7.86. The number of nitrogens with two attached hydrogens (primary N) is 1. The molecule has 0 spiro atoms. The second kappa shape index (κ2) is 5.88. The van der Waals surface area contributed by atoms with E-state index in [1.54, 1.807) is 6.07 Å². The number of halogens is 1. The summed E-state index contributed by atoms with van der Waals surface area (Å²) in [4.78, 5) is 4.68. The van der Waals surface area contributed by atoms with Gasteiger partial charge in [-0.25, -0.2) is 4.39 Å². The van der Waals surface area contributed by atoms with Crippen LogP contribution >= 0.6 is 0 Å². The first-order chi connectivity index (χ1) is 8.99. The monoisotopic (exact) mass is 265 g/mol. The zero-order valence-electron chi connectivity index (χ0n) is 12.1. The zero-order chi connectivity index (χ0) is 14.0. The molecule has 1 aliphatic heterocycles. The van der Waals surface area contributed by atoms with Crippen LogP contribution in [0.25, 0.3) is 0 Å². The predicted octanol–water partition coefficient (Wildman–Crippen LogP) is 2.30. The molecular formula is C15H24FN3. The Morgan fingerprint density at radius 3 is 2.63 bits per heavy atom. The summed E-state index contributed by atoms with van der Waals surface area (Å²) in [5, 5.41) is 0. The van der Waals surface area contributed by atoms with Crippen molar-refractivity contribution in [3.63, 3.8) is 0 Å². The molecule has 1 saturated heterocycles. The van der Waals surface area contributed by atoms with Crippen molar-refractivity contribution in [2.24, 2.45) is 5.73 Å². The topological polar surface area (TPSA) is 32.5 Å². The summed E-state index contributed by atoms with van der Waals surface area (Å²) in [6, 6.07) is 3.40. The largest absolute Gasteiger partial charge is 0.370 e. The third kappa shape index (κ3) is 3.25. The molecule has 2 rings (SSSR count). The molecule has 1 atom stereocenters. The Balaban J connectivity index is 2.34. The molecule has 0 unspecified atom stereocenters. The second-order valence-electron chi connectivity index (χ2n) is 5.59. The van der Waals surface area contributed by atoms with E-state index in [0.717, 1.165) is 43.9 Å². The third-order valence-electron chi connectivity index (χ3n) is 3.86. The van der Waals surface area contributed by atoms with Crippen molar-refractivity contribution in [2.45, 2.75) is 26.3 Å². The molecule has 106 valence electrons. The van der Waals surface area contributed by atoms with E-state index in [4.69, 9.17) is 5.73 Å². The van der Waals surface area contributed by atoms with E-state index < -0.39 is 0 Å². The maximum Gasteiger partial charge on any atom is 0.126 e. The van der Waals surface area contributed by atoms with Crippen molar-refractivity contribution in [1.82, 2.24) is 4.90 Å². The highest BCUT2D eigenvalue weighted by Gasteiger charge is 2.18. The molecule has 1 aromatic carbocycles. The maximum atomic E-state index is 13.7. The van der Waals surface area contributed by atoms with E-state index in [1.165, 1.54) is 0 Å². The van der Waals surface area contributed by atoms with E-state index in [-0.39, 0.29) is 11.9 Å². The van der Waals surface area contributed by atoms with Crippen molar-refractivity contribution in [3.05, 3.63) is 29.1 Å². The average molecular weight is 265 g/mol. The van der Waals surface area contributed by atoms with Crippen LogP contribution in [-0.2, 0) is 0 Å². The van der Waals surface area contributed by atoms with Gasteiger partial charge in [-0.1, -0.05) is 0 Å². The van der Waals surface area contributed by atoms with E-state index >= 15 is 0 Å². The average Bonchev–Trinajstić information content (AvgIpc) is 2.57. The van der Waals surface area contributed by atoms with Gasteiger partial charge >= 0.3 is 0 Å². The first kappa shape index (κ1) is 14.3. The number of likely N-dealkylation sites (N-methyl/N-ethyl adjacent to an activating group) is 1. The fraction of sp³-hybridized carbons (Fsp3) is 0.600. The number of anilines is 1. The third-order valence-corrected chi connectivity index (χ3v) is 3.86. The van der Waals surface area contributed by atoms with E-state index in [0.29, 0.717) is 5.56 Å². The number of benzene rings is 1. The smallest absolute Gasteiger partial charge is 0.126 e. The molecule has 1 aliphatic rings. The van der Waals surface area contributed by atoms with Gasteiger partial charge in [-0.15, -0.1) is 0 Å². The van der Waals surface area contributed by atoms with Crippen LogP contribution in [0.4, 0.5) is 10.1 Å². The van der Waals surface area contributed by atoms with Gasteiger partial charge in [0.15, 0.2) is 0 Å². The van der Waals surface area contributed by atoms with Gasteiger partial charge in [0, 0.05) is 31.4 Å². The van der Waals surface area contributed by atoms with Crippen LogP contribution in [-0.4, -0.2) is 38.1 Å². The molecular weight excluding hydrogens is 241 g/mol. The molecule has 0 aromatic heterocycles. The molecule has 0 bridgehead atoms. The molecule has 1 fully saturated rings. The van der Waals surface area contributed by atoms with Crippen molar-refractivity contribution in [3.8, 4) is 0 Å². The standard InChI is InChI=1S/C15H24FN3/c1-11-9-15(13(12(2)17)10-14(11)16)19-6-4-5-18(3)7-8-19/h9-10,12H,4-8,17H2,1-3H3/t12-/m1/s1. The van der Waals surface area contributed by atoms with Crippen LogP contribution in [0.2, 0.25) is 0 Å². The number of hydrogen-bond donors (Lipinski definition) is 1. The molecule has 2 N–H and O–H groups in total. The lowest BCUT2D eigenvalue weighted by Crippen LogP contribution is -2.30. The van der Waals surface area contributed by atoms with Crippen molar-refractivity contribution in [2.75, 3.05) is 38.1 Å². The molecule has 0 amide bonds. The molecule has 0 saturated carbocycles. The molecule has 0 radical (unpaired) electrons. The summed E-state index contributed by atoms with van der Waals surface area (Å²) in [7, 11) is 2.14. The van der Waals surface area contributed by atoms with Gasteiger partial charge in [-0.2, -0.15) is 0 Å². The zero-order valence-corrected chi connectivity index (χ0v) is 12.1. The van der Waals surface area contributed by atoms with Crippen LogP contribution in [0.1, 0.15) is 30.5 Å². The Morgan fingerprint density at radius 2 is 1.95 bits per heavy atom. The number of aryl methyl sites for hydroxylation is 1. The number of rotatable bonds is 2. The van der Waals surface area contributed by atoms with Crippen LogP contribution in [0.3, 0.4) is 0 Å². The normalized spacial score (nSPS) is 19.3. The Morgan fingerprint density at radius 1 is 1.21 bits per heavy atom. The van der Waals surface area contributed by atoms with Gasteiger partial charge in [-0.05, 0) is 57.1 Å². The lowest BCUT2D eigenvalue weighted by Gasteiger charge is -2.27. The Kier molecular flexibility index (Phi) is 4.42. The molecule has 4 heteroatoms. The van der Waals surface area contributed by atoms with Crippen LogP contribution in [0.15, 0.2) is 12.1 Å². The minimum atomic E-state index is -0.164. The SMILES string of the molecule is Cc1cc(N2CCCN(C)CC2)c([C@@H](C)N)cc1F. The summed E-state index contributed by atoms with van der Waals surface area (Å²) in [6.07, 6.45) is 1.13. The fourth-order valence-electron chi connectivity index (χ4n) is 2.61. The van der Waals surface area contributed by atoms with Gasteiger partial charge in [0.25, 0.3) is 0 Å². The van der Waals surface area contributed by atoms with Gasteiger partial charge in [0.2, 0.25) is 0 Å². The first-order valence-electron chi connectivity index (χ1n) is 6.98. The van der Waals surface area contributed by atoms with Crippen molar-refractivity contribution >= 4 is 5.69 Å². The summed E-state index contributed by atoms with van der Waals surface area (Å²) in [5.74, 6) is -0.164. The Bertz CT molecular complexity index is 445. The lowest BCUT2D eigenvalue weighted by molar-refractivity contribution is 0.360. The van der Waals surface area contributed by atoms with Gasteiger partial charge in [0.05, 0.1) is 0 Å². The Labute approximate surface area is 115 Å². The fourth-order valence-corrected chi connectivity index (χ4v) is 2.61. The highest BCUT2D eigenvalue weighted by molar-refractivity contribution is 5.57. The number of nitrogens with zero attached hydrogens (tertiary/aromatic N) is 2. The van der Waals surface area contributed by atoms with Gasteiger partial charge in [0.1, 0.15) is 5.82 Å². The van der Waals surface area contributed by atoms with E-state index in [9.17, 15) is 4.39 Å². The molecule has 0 aliphatic carbocycles. The quantitative estimate of drug-likeness (QED) is 0.890. The van der Waals surface area contributed by atoms with Gasteiger partial charge < -0.3 is 15.5 Å². The Hall–Kier alpha value is -1.13. The molecule has 3 nitrogen and oxygen atoms in total. The predicted molar refractivity (Wildman–Crippen MR) is 78.1 cm³/mol. The molecule has 1 heterocycles. The minimum absolute atomic E-state index is 0.147. The van der Waals surface area contributed by atoms with Crippen molar-refractivity contribution < 1.29 is 4.39 Å². The van der Waals surface area contributed by atoms with Crippen LogP contribution in [0, 0.1) is 12.7 Å². The highest BCUT2D eigenvalue weighted by Crippen LogP contribution is 2.29. The summed E-state index contributed by atoms with van der Waals surface area (Å²) < 4.78 is 13.7. The van der Waals surface area contributed by atoms with Gasteiger partial charge in [-0.3, -0.25) is 0 Å². The first-order valence-corrected chi connectivity index (χ1v) is 6.98. The molecule has 1 aromatic rings.